The first-order valence-electron chi connectivity index (χ1n) is 4.46. The number of aryl methyl sites for hydroxylation is 1. The van der Waals surface area contributed by atoms with Crippen LogP contribution >= 0.6 is 11.6 Å². The molecule has 0 fully saturated rings. The summed E-state index contributed by atoms with van der Waals surface area (Å²) in [6.45, 7) is 2.07. The minimum atomic E-state index is 0.483. The van der Waals surface area contributed by atoms with Crippen molar-refractivity contribution in [3.63, 3.8) is 0 Å². The molecule has 4 heteroatoms. The molecule has 2 heterocycles. The molecule has 0 saturated carbocycles. The second-order valence-electron chi connectivity index (χ2n) is 2.96. The monoisotopic (exact) mass is 207 g/mol. The first kappa shape index (κ1) is 9.21. The number of H-pyrrole nitrogens is 1. The van der Waals surface area contributed by atoms with Gasteiger partial charge in [-0.15, -0.1) is 0 Å². The fourth-order valence-corrected chi connectivity index (χ4v) is 1.37. The van der Waals surface area contributed by atoms with E-state index < -0.39 is 0 Å². The summed E-state index contributed by atoms with van der Waals surface area (Å²) >= 11 is 5.78. The van der Waals surface area contributed by atoms with E-state index in [-0.39, 0.29) is 0 Å². The molecule has 14 heavy (non-hydrogen) atoms. The standard InChI is InChI=1S/C10H10ClN3/c1-2-7-6-12-10(13-7)8-4-3-5-9(11)14-8/h3-6H,2H2,1H3,(H,12,13). The normalized spacial score (nSPS) is 10.4. The van der Waals surface area contributed by atoms with Gasteiger partial charge in [0, 0.05) is 11.9 Å². The van der Waals surface area contributed by atoms with Crippen LogP contribution in [0.2, 0.25) is 5.15 Å². The SMILES string of the molecule is CCc1cnc(-c2cccc(Cl)n2)[nH]1. The van der Waals surface area contributed by atoms with E-state index in [0.29, 0.717) is 5.15 Å². The largest absolute Gasteiger partial charge is 0.341 e. The fourth-order valence-electron chi connectivity index (χ4n) is 1.21. The Bertz CT molecular complexity index is 436. The fraction of sp³-hybridized carbons (Fsp3) is 0.200. The lowest BCUT2D eigenvalue weighted by molar-refractivity contribution is 1.06. The molecule has 72 valence electrons. The summed E-state index contributed by atoms with van der Waals surface area (Å²) in [6.07, 6.45) is 2.76. The maximum absolute atomic E-state index is 5.78. The molecule has 0 bridgehead atoms. The number of halogens is 1. The number of aromatic nitrogens is 3. The third-order valence-electron chi connectivity index (χ3n) is 1.97. The molecular formula is C10H10ClN3. The molecule has 0 unspecified atom stereocenters. The van der Waals surface area contributed by atoms with Crippen molar-refractivity contribution in [3.05, 3.63) is 35.2 Å². The molecular weight excluding hydrogens is 198 g/mol. The van der Waals surface area contributed by atoms with Gasteiger partial charge >= 0.3 is 0 Å². The zero-order valence-electron chi connectivity index (χ0n) is 7.79. The van der Waals surface area contributed by atoms with Crippen LogP contribution in [0.3, 0.4) is 0 Å². The molecule has 2 rings (SSSR count). The van der Waals surface area contributed by atoms with Crippen LogP contribution in [0.1, 0.15) is 12.6 Å². The number of imidazole rings is 1. The lowest BCUT2D eigenvalue weighted by Gasteiger charge is -1.95. The Balaban J connectivity index is 2.39. The smallest absolute Gasteiger partial charge is 0.156 e. The van der Waals surface area contributed by atoms with Crippen molar-refractivity contribution in [2.24, 2.45) is 0 Å². The van der Waals surface area contributed by atoms with Crippen LogP contribution in [0.25, 0.3) is 11.5 Å². The zero-order valence-corrected chi connectivity index (χ0v) is 8.54. The van der Waals surface area contributed by atoms with Crippen molar-refractivity contribution in [1.29, 1.82) is 0 Å². The predicted octanol–water partition coefficient (Wildman–Crippen LogP) is 2.69. The number of aromatic amines is 1. The zero-order chi connectivity index (χ0) is 9.97. The van der Waals surface area contributed by atoms with Crippen LogP contribution in [-0.4, -0.2) is 15.0 Å². The molecule has 3 nitrogen and oxygen atoms in total. The van der Waals surface area contributed by atoms with E-state index in [0.717, 1.165) is 23.6 Å². The van der Waals surface area contributed by atoms with Gasteiger partial charge in [-0.1, -0.05) is 24.6 Å². The molecule has 1 N–H and O–H groups in total. The highest BCUT2D eigenvalue weighted by atomic mass is 35.5. The highest BCUT2D eigenvalue weighted by Gasteiger charge is 2.03. The van der Waals surface area contributed by atoms with Gasteiger partial charge in [0.2, 0.25) is 0 Å². The van der Waals surface area contributed by atoms with Crippen molar-refractivity contribution in [1.82, 2.24) is 15.0 Å². The van der Waals surface area contributed by atoms with E-state index in [2.05, 4.69) is 21.9 Å². The molecule has 2 aromatic heterocycles. The van der Waals surface area contributed by atoms with E-state index in [1.165, 1.54) is 0 Å². The molecule has 0 atom stereocenters. The Labute approximate surface area is 87.2 Å². The quantitative estimate of drug-likeness (QED) is 0.770. The number of nitrogens with one attached hydrogen (secondary N) is 1. The predicted molar refractivity (Wildman–Crippen MR) is 56.2 cm³/mol. The summed E-state index contributed by atoms with van der Waals surface area (Å²) in [5.41, 5.74) is 1.87. The number of nitrogens with zero attached hydrogens (tertiary/aromatic N) is 2. The second-order valence-corrected chi connectivity index (χ2v) is 3.34. The van der Waals surface area contributed by atoms with E-state index in [1.54, 1.807) is 6.07 Å². The molecule has 0 radical (unpaired) electrons. The Morgan fingerprint density at radius 2 is 2.29 bits per heavy atom. The Morgan fingerprint density at radius 3 is 2.93 bits per heavy atom. The summed E-state index contributed by atoms with van der Waals surface area (Å²) in [5, 5.41) is 0.483. The van der Waals surface area contributed by atoms with Gasteiger partial charge in [-0.25, -0.2) is 9.97 Å². The van der Waals surface area contributed by atoms with Crippen LogP contribution in [-0.2, 0) is 6.42 Å². The van der Waals surface area contributed by atoms with Gasteiger partial charge < -0.3 is 4.98 Å². The summed E-state index contributed by atoms with van der Waals surface area (Å²) in [4.78, 5) is 11.6. The maximum atomic E-state index is 5.78. The van der Waals surface area contributed by atoms with E-state index >= 15 is 0 Å². The van der Waals surface area contributed by atoms with Crippen molar-refractivity contribution in [2.45, 2.75) is 13.3 Å². The van der Waals surface area contributed by atoms with Crippen molar-refractivity contribution in [3.8, 4) is 11.5 Å². The topological polar surface area (TPSA) is 41.6 Å². The molecule has 0 saturated heterocycles. The van der Waals surface area contributed by atoms with Crippen LogP contribution in [0.4, 0.5) is 0 Å². The minimum absolute atomic E-state index is 0.483. The van der Waals surface area contributed by atoms with Crippen LogP contribution < -0.4 is 0 Å². The van der Waals surface area contributed by atoms with Crippen LogP contribution in [0, 0.1) is 0 Å². The van der Waals surface area contributed by atoms with Crippen molar-refractivity contribution < 1.29 is 0 Å². The van der Waals surface area contributed by atoms with Gasteiger partial charge in [-0.05, 0) is 18.6 Å². The minimum Gasteiger partial charge on any atom is -0.341 e. The van der Waals surface area contributed by atoms with Crippen molar-refractivity contribution >= 4 is 11.6 Å². The highest BCUT2D eigenvalue weighted by Crippen LogP contribution is 2.15. The highest BCUT2D eigenvalue weighted by molar-refractivity contribution is 6.29. The average molecular weight is 208 g/mol. The van der Waals surface area contributed by atoms with Crippen LogP contribution in [0.5, 0.6) is 0 Å². The van der Waals surface area contributed by atoms with Crippen molar-refractivity contribution in [2.75, 3.05) is 0 Å². The van der Waals surface area contributed by atoms with Gasteiger partial charge in [-0.3, -0.25) is 0 Å². The van der Waals surface area contributed by atoms with Gasteiger partial charge in [0.25, 0.3) is 0 Å². The van der Waals surface area contributed by atoms with Gasteiger partial charge in [-0.2, -0.15) is 0 Å². The van der Waals surface area contributed by atoms with E-state index in [1.807, 2.05) is 18.3 Å². The van der Waals surface area contributed by atoms with E-state index in [9.17, 15) is 0 Å². The molecule has 0 aromatic carbocycles. The third kappa shape index (κ3) is 1.77. The van der Waals surface area contributed by atoms with Gasteiger partial charge in [0.15, 0.2) is 5.82 Å². The number of pyridine rings is 1. The van der Waals surface area contributed by atoms with E-state index in [4.69, 9.17) is 11.6 Å². The maximum Gasteiger partial charge on any atom is 0.156 e. The first-order valence-corrected chi connectivity index (χ1v) is 4.84. The summed E-state index contributed by atoms with van der Waals surface area (Å²) in [7, 11) is 0. The van der Waals surface area contributed by atoms with Gasteiger partial charge in [0.05, 0.1) is 0 Å². The Morgan fingerprint density at radius 1 is 1.43 bits per heavy atom. The molecule has 0 amide bonds. The first-order chi connectivity index (χ1) is 6.79. The number of hydrogen-bond donors (Lipinski definition) is 1. The number of rotatable bonds is 2. The lowest BCUT2D eigenvalue weighted by atomic mass is 10.3. The summed E-state index contributed by atoms with van der Waals surface area (Å²) in [5.74, 6) is 0.768. The number of hydrogen-bond acceptors (Lipinski definition) is 2. The molecule has 2 aromatic rings. The second kappa shape index (κ2) is 3.80. The lowest BCUT2D eigenvalue weighted by Crippen LogP contribution is -1.86. The average Bonchev–Trinajstić information content (AvgIpc) is 2.66. The molecule has 0 aliphatic rings. The molecule has 0 aliphatic heterocycles. The molecule has 0 spiro atoms. The van der Waals surface area contributed by atoms with Crippen LogP contribution in [0.15, 0.2) is 24.4 Å². The Kier molecular flexibility index (Phi) is 2.50. The Hall–Kier alpha value is -1.35. The molecule has 0 aliphatic carbocycles. The van der Waals surface area contributed by atoms with Gasteiger partial charge in [0.1, 0.15) is 10.8 Å². The summed E-state index contributed by atoms with van der Waals surface area (Å²) in [6, 6.07) is 5.48. The summed E-state index contributed by atoms with van der Waals surface area (Å²) < 4.78 is 0. The third-order valence-corrected chi connectivity index (χ3v) is 2.18.